The molecule has 0 unspecified atom stereocenters. The molecule has 0 saturated carbocycles. The molecule has 2 atom stereocenters. The molecule has 0 aliphatic rings. The van der Waals surface area contributed by atoms with Gasteiger partial charge in [0.1, 0.15) is 0 Å². The second kappa shape index (κ2) is 8.99. The van der Waals surface area contributed by atoms with E-state index in [0.717, 1.165) is 23.1 Å². The van der Waals surface area contributed by atoms with Crippen LogP contribution in [-0.2, 0) is 16.0 Å². The number of hydrogen-bond donors (Lipinski definition) is 2. The Balaban J connectivity index is 1.92. The van der Waals surface area contributed by atoms with Crippen molar-refractivity contribution in [1.82, 2.24) is 5.06 Å². The number of aryl methyl sites for hydroxylation is 1. The molecule has 0 heterocycles. The second-order valence-electron chi connectivity index (χ2n) is 6.13. The fourth-order valence-electron chi connectivity index (χ4n) is 2.87. The first kappa shape index (κ1) is 18.7. The third-order valence-electron chi connectivity index (χ3n) is 4.47. The van der Waals surface area contributed by atoms with Gasteiger partial charge in [-0.15, -0.1) is 0 Å². The fraction of sp³-hybridized carbons (Fsp3) is 0.300. The second-order valence-corrected chi connectivity index (χ2v) is 6.13. The van der Waals surface area contributed by atoms with Crippen LogP contribution in [0.2, 0.25) is 0 Å². The lowest BCUT2D eigenvalue weighted by Crippen LogP contribution is -2.39. The number of amides is 1. The van der Waals surface area contributed by atoms with Gasteiger partial charge < -0.3 is 5.11 Å². The zero-order valence-corrected chi connectivity index (χ0v) is 14.2. The lowest BCUT2D eigenvalue weighted by molar-refractivity contribution is -0.170. The fourth-order valence-corrected chi connectivity index (χ4v) is 2.87. The highest BCUT2D eigenvalue weighted by Crippen LogP contribution is 2.21. The molecule has 0 radical (unpaired) electrons. The molecule has 0 aliphatic heterocycles. The van der Waals surface area contributed by atoms with Crippen LogP contribution in [0.1, 0.15) is 25.3 Å². The monoisotopic (exact) mass is 341 g/mol. The number of rotatable bonds is 9. The van der Waals surface area contributed by atoms with Gasteiger partial charge in [0.15, 0.2) is 0 Å². The summed E-state index contributed by atoms with van der Waals surface area (Å²) in [6, 6.07) is 17.6. The van der Waals surface area contributed by atoms with E-state index in [1.165, 1.54) is 6.92 Å². The first-order valence-electron chi connectivity index (χ1n) is 8.32. The number of hydroxylamine groups is 2. The van der Waals surface area contributed by atoms with Gasteiger partial charge in [0.2, 0.25) is 6.41 Å². The van der Waals surface area contributed by atoms with Crippen molar-refractivity contribution in [2.75, 3.05) is 0 Å². The standard InChI is InChI=1S/C20H23NO4/c1-15(21(25)14-22)19(20(23)24)9-5-6-16-10-12-18(13-11-16)17-7-3-2-4-8-17/h2-4,7-8,10-15,19,25H,5-6,9H2,1H3,(H,23,24)/t15-,19+/m0/s1. The molecule has 0 fully saturated rings. The molecule has 0 aliphatic carbocycles. The third kappa shape index (κ3) is 5.16. The number of carboxylic acid groups (broad SMARTS) is 1. The first-order chi connectivity index (χ1) is 12.0. The Kier molecular flexibility index (Phi) is 6.71. The van der Waals surface area contributed by atoms with Gasteiger partial charge in [-0.1, -0.05) is 54.6 Å². The van der Waals surface area contributed by atoms with Crippen LogP contribution in [0.5, 0.6) is 0 Å². The van der Waals surface area contributed by atoms with Gasteiger partial charge in [0.25, 0.3) is 0 Å². The largest absolute Gasteiger partial charge is 0.481 e. The Morgan fingerprint density at radius 1 is 1.08 bits per heavy atom. The summed E-state index contributed by atoms with van der Waals surface area (Å²) in [5.41, 5.74) is 3.43. The van der Waals surface area contributed by atoms with Crippen molar-refractivity contribution in [3.63, 3.8) is 0 Å². The molecule has 25 heavy (non-hydrogen) atoms. The van der Waals surface area contributed by atoms with Gasteiger partial charge in [-0.2, -0.15) is 0 Å². The molecule has 0 saturated heterocycles. The minimum absolute atomic E-state index is 0.239. The summed E-state index contributed by atoms with van der Waals surface area (Å²) in [6.07, 6.45) is 2.04. The van der Waals surface area contributed by atoms with Crippen molar-refractivity contribution >= 4 is 12.4 Å². The van der Waals surface area contributed by atoms with Crippen LogP contribution >= 0.6 is 0 Å². The van der Waals surface area contributed by atoms with Gasteiger partial charge >= 0.3 is 5.97 Å². The highest BCUT2D eigenvalue weighted by atomic mass is 16.5. The summed E-state index contributed by atoms with van der Waals surface area (Å²) in [5, 5.41) is 19.1. The summed E-state index contributed by atoms with van der Waals surface area (Å²) < 4.78 is 0. The van der Waals surface area contributed by atoms with E-state index in [1.807, 2.05) is 30.3 Å². The number of hydrogen-bond acceptors (Lipinski definition) is 3. The van der Waals surface area contributed by atoms with Crippen molar-refractivity contribution in [2.45, 2.75) is 32.2 Å². The minimum Gasteiger partial charge on any atom is -0.481 e. The molecule has 132 valence electrons. The maximum atomic E-state index is 11.4. The maximum absolute atomic E-state index is 11.4. The van der Waals surface area contributed by atoms with E-state index in [-0.39, 0.29) is 6.41 Å². The molecular formula is C20H23NO4. The van der Waals surface area contributed by atoms with Gasteiger partial charge in [-0.25, -0.2) is 5.06 Å². The number of carbonyl (C=O) groups is 2. The molecule has 5 heteroatoms. The van der Waals surface area contributed by atoms with E-state index in [9.17, 15) is 19.9 Å². The number of aliphatic carboxylic acids is 1. The summed E-state index contributed by atoms with van der Waals surface area (Å²) in [5.74, 6) is -1.80. The van der Waals surface area contributed by atoms with Crippen molar-refractivity contribution in [3.8, 4) is 11.1 Å². The van der Waals surface area contributed by atoms with Crippen LogP contribution in [0.4, 0.5) is 0 Å². The SMILES string of the molecule is C[C@@H]([C@@H](CCCc1ccc(-c2ccccc2)cc1)C(=O)O)N(O)C=O. The van der Waals surface area contributed by atoms with E-state index < -0.39 is 17.9 Å². The number of carbonyl (C=O) groups excluding carboxylic acids is 1. The minimum atomic E-state index is -1.01. The summed E-state index contributed by atoms with van der Waals surface area (Å²) in [6.45, 7) is 1.53. The summed E-state index contributed by atoms with van der Waals surface area (Å²) in [7, 11) is 0. The van der Waals surface area contributed by atoms with Crippen LogP contribution in [0.15, 0.2) is 54.6 Å². The quantitative estimate of drug-likeness (QED) is 0.415. The predicted molar refractivity (Wildman–Crippen MR) is 95.1 cm³/mol. The Morgan fingerprint density at radius 2 is 1.68 bits per heavy atom. The van der Waals surface area contributed by atoms with E-state index in [4.69, 9.17) is 0 Å². The Bertz CT molecular complexity index is 685. The zero-order chi connectivity index (χ0) is 18.2. The van der Waals surface area contributed by atoms with Crippen molar-refractivity contribution in [1.29, 1.82) is 0 Å². The Morgan fingerprint density at radius 3 is 2.24 bits per heavy atom. The van der Waals surface area contributed by atoms with E-state index >= 15 is 0 Å². The van der Waals surface area contributed by atoms with Gasteiger partial charge in [0, 0.05) is 0 Å². The molecule has 2 aromatic carbocycles. The molecule has 0 bridgehead atoms. The molecule has 2 N–H and O–H groups in total. The molecule has 2 rings (SSSR count). The molecule has 0 spiro atoms. The number of carboxylic acids is 1. The van der Waals surface area contributed by atoms with E-state index in [2.05, 4.69) is 24.3 Å². The molecule has 1 amide bonds. The molecule has 0 aromatic heterocycles. The first-order valence-corrected chi connectivity index (χ1v) is 8.32. The van der Waals surface area contributed by atoms with Crippen LogP contribution in [0, 0.1) is 5.92 Å². The van der Waals surface area contributed by atoms with Crippen LogP contribution in [0.25, 0.3) is 11.1 Å². The highest BCUT2D eigenvalue weighted by molar-refractivity contribution is 5.71. The average molecular weight is 341 g/mol. The van der Waals surface area contributed by atoms with Crippen molar-refractivity contribution < 1.29 is 19.9 Å². The van der Waals surface area contributed by atoms with Crippen molar-refractivity contribution in [3.05, 3.63) is 60.2 Å². The average Bonchev–Trinajstić information content (AvgIpc) is 2.65. The van der Waals surface area contributed by atoms with Gasteiger partial charge in [-0.3, -0.25) is 14.8 Å². The van der Waals surface area contributed by atoms with E-state index in [1.54, 1.807) is 0 Å². The van der Waals surface area contributed by atoms with Crippen LogP contribution in [-0.4, -0.2) is 33.8 Å². The highest BCUT2D eigenvalue weighted by Gasteiger charge is 2.28. The number of benzene rings is 2. The van der Waals surface area contributed by atoms with Crippen LogP contribution < -0.4 is 0 Å². The molecule has 2 aromatic rings. The summed E-state index contributed by atoms with van der Waals surface area (Å²) in [4.78, 5) is 22.0. The third-order valence-corrected chi connectivity index (χ3v) is 4.47. The Hall–Kier alpha value is -2.66. The smallest absolute Gasteiger partial charge is 0.308 e. The normalized spacial score (nSPS) is 13.0. The lowest BCUT2D eigenvalue weighted by atomic mass is 9.93. The number of nitrogens with zero attached hydrogens (tertiary/aromatic N) is 1. The Labute approximate surface area is 147 Å². The van der Waals surface area contributed by atoms with Crippen LogP contribution in [0.3, 0.4) is 0 Å². The van der Waals surface area contributed by atoms with E-state index in [0.29, 0.717) is 17.9 Å². The zero-order valence-electron chi connectivity index (χ0n) is 14.2. The summed E-state index contributed by atoms with van der Waals surface area (Å²) >= 11 is 0. The van der Waals surface area contributed by atoms with Gasteiger partial charge in [0.05, 0.1) is 12.0 Å². The molecule has 5 nitrogen and oxygen atoms in total. The topological polar surface area (TPSA) is 77.8 Å². The lowest BCUT2D eigenvalue weighted by Gasteiger charge is -2.24. The molecular weight excluding hydrogens is 318 g/mol. The predicted octanol–water partition coefficient (Wildman–Crippen LogP) is 3.61. The van der Waals surface area contributed by atoms with Crippen molar-refractivity contribution in [2.24, 2.45) is 5.92 Å². The maximum Gasteiger partial charge on any atom is 0.308 e. The van der Waals surface area contributed by atoms with Gasteiger partial charge in [-0.05, 0) is 42.9 Å².